The van der Waals surface area contributed by atoms with E-state index < -0.39 is 6.16 Å². The van der Waals surface area contributed by atoms with E-state index in [0.717, 1.165) is 31.7 Å². The average molecular weight is 418 g/mol. The molecule has 6 nitrogen and oxygen atoms in total. The SMILES string of the molecule is O=C(OCCN1CCN(C(=O)I)CC1)OCc1ccccc1. The minimum atomic E-state index is -0.648. The lowest BCUT2D eigenvalue weighted by atomic mass is 10.2. The number of hydrogen-bond donors (Lipinski definition) is 0. The van der Waals surface area contributed by atoms with Gasteiger partial charge in [-0.05, 0) is 5.56 Å². The lowest BCUT2D eigenvalue weighted by Crippen LogP contribution is -2.47. The van der Waals surface area contributed by atoms with Gasteiger partial charge in [0.1, 0.15) is 13.2 Å². The first kappa shape index (κ1) is 17.0. The maximum absolute atomic E-state index is 11.5. The summed E-state index contributed by atoms with van der Waals surface area (Å²) in [4.78, 5) is 26.7. The molecule has 0 bridgehead atoms. The van der Waals surface area contributed by atoms with Crippen LogP contribution in [-0.2, 0) is 16.1 Å². The van der Waals surface area contributed by atoms with E-state index >= 15 is 0 Å². The average Bonchev–Trinajstić information content (AvgIpc) is 2.54. The van der Waals surface area contributed by atoms with Gasteiger partial charge in [0, 0.05) is 55.3 Å². The lowest BCUT2D eigenvalue weighted by Gasteiger charge is -2.33. The molecule has 0 N–H and O–H groups in total. The Bertz CT molecular complexity index is 490. The van der Waals surface area contributed by atoms with E-state index in [2.05, 4.69) is 4.90 Å². The second kappa shape index (κ2) is 8.94. The van der Waals surface area contributed by atoms with E-state index in [-0.39, 0.29) is 10.5 Å². The van der Waals surface area contributed by atoms with Crippen molar-refractivity contribution in [2.45, 2.75) is 6.61 Å². The minimum Gasteiger partial charge on any atom is -0.433 e. The molecule has 1 heterocycles. The predicted molar refractivity (Wildman–Crippen MR) is 90.0 cm³/mol. The number of rotatable bonds is 5. The Morgan fingerprint density at radius 1 is 1.05 bits per heavy atom. The molecule has 1 aliphatic rings. The Hall–Kier alpha value is -1.35. The van der Waals surface area contributed by atoms with Crippen LogP contribution in [0.1, 0.15) is 5.56 Å². The van der Waals surface area contributed by atoms with Crippen molar-refractivity contribution in [3.8, 4) is 0 Å². The van der Waals surface area contributed by atoms with Crippen LogP contribution in [0, 0.1) is 0 Å². The number of halogens is 1. The minimum absolute atomic E-state index is 0.0815. The summed E-state index contributed by atoms with van der Waals surface area (Å²) in [6.45, 7) is 4.22. The standard InChI is InChI=1S/C15H19IN2O4/c16-14(19)18-8-6-17(7-9-18)10-11-21-15(20)22-12-13-4-2-1-3-5-13/h1-5H,6-12H2. The van der Waals surface area contributed by atoms with E-state index in [0.29, 0.717) is 13.2 Å². The summed E-state index contributed by atoms with van der Waals surface area (Å²) in [5.74, 6) is 0. The molecule has 0 spiro atoms. The second-order valence-corrected chi connectivity index (χ2v) is 5.88. The van der Waals surface area contributed by atoms with E-state index in [1.807, 2.05) is 35.2 Å². The second-order valence-electron chi connectivity index (χ2n) is 4.95. The molecule has 120 valence electrons. The van der Waals surface area contributed by atoms with Gasteiger partial charge in [0.25, 0.3) is 3.91 Å². The molecule has 0 saturated carbocycles. The van der Waals surface area contributed by atoms with Gasteiger partial charge in [-0.3, -0.25) is 9.69 Å². The van der Waals surface area contributed by atoms with Crippen molar-refractivity contribution in [1.29, 1.82) is 0 Å². The monoisotopic (exact) mass is 418 g/mol. The Morgan fingerprint density at radius 2 is 1.73 bits per heavy atom. The summed E-state index contributed by atoms with van der Waals surface area (Å²) < 4.78 is 10.2. The molecule has 0 aromatic heterocycles. The first-order valence-electron chi connectivity index (χ1n) is 7.15. The molecule has 0 radical (unpaired) electrons. The van der Waals surface area contributed by atoms with Gasteiger partial charge in [-0.1, -0.05) is 30.3 Å². The van der Waals surface area contributed by atoms with Crippen molar-refractivity contribution in [3.63, 3.8) is 0 Å². The number of piperazine rings is 1. The van der Waals surface area contributed by atoms with Crippen molar-refractivity contribution in [2.75, 3.05) is 39.3 Å². The fourth-order valence-electron chi connectivity index (χ4n) is 2.16. The highest BCUT2D eigenvalue weighted by atomic mass is 127. The molecular formula is C15H19IN2O4. The first-order chi connectivity index (χ1) is 10.6. The summed E-state index contributed by atoms with van der Waals surface area (Å²) in [5, 5.41) is 0. The lowest BCUT2D eigenvalue weighted by molar-refractivity contribution is 0.0397. The molecule has 1 aromatic carbocycles. The maximum atomic E-state index is 11.5. The quantitative estimate of drug-likeness (QED) is 0.319. The third-order valence-corrected chi connectivity index (χ3v) is 4.13. The number of carbonyl (C=O) groups is 2. The molecule has 1 aliphatic heterocycles. The largest absolute Gasteiger partial charge is 0.508 e. The highest BCUT2D eigenvalue weighted by Crippen LogP contribution is 2.06. The molecule has 0 atom stereocenters. The third kappa shape index (κ3) is 5.80. The summed E-state index contributed by atoms with van der Waals surface area (Å²) in [6, 6.07) is 9.48. The summed E-state index contributed by atoms with van der Waals surface area (Å²) in [7, 11) is 0. The van der Waals surface area contributed by atoms with Crippen LogP contribution in [0.2, 0.25) is 0 Å². The summed E-state index contributed by atoms with van der Waals surface area (Å²) in [5.41, 5.74) is 0.930. The number of ether oxygens (including phenoxy) is 2. The van der Waals surface area contributed by atoms with E-state index in [4.69, 9.17) is 9.47 Å². The summed E-state index contributed by atoms with van der Waals surface area (Å²) in [6.07, 6.45) is -0.648. The highest BCUT2D eigenvalue weighted by Gasteiger charge is 2.19. The predicted octanol–water partition coefficient (Wildman–Crippen LogP) is 2.51. The molecule has 1 aromatic rings. The molecule has 1 amide bonds. The van der Waals surface area contributed by atoms with Crippen molar-refractivity contribution < 1.29 is 19.1 Å². The van der Waals surface area contributed by atoms with Crippen LogP contribution >= 0.6 is 22.6 Å². The molecule has 1 saturated heterocycles. The van der Waals surface area contributed by atoms with Crippen LogP contribution in [0.25, 0.3) is 0 Å². The van der Waals surface area contributed by atoms with Crippen LogP contribution < -0.4 is 0 Å². The molecule has 2 rings (SSSR count). The molecule has 22 heavy (non-hydrogen) atoms. The van der Waals surface area contributed by atoms with Gasteiger partial charge in [-0.15, -0.1) is 0 Å². The zero-order valence-electron chi connectivity index (χ0n) is 12.2. The van der Waals surface area contributed by atoms with Gasteiger partial charge >= 0.3 is 6.16 Å². The fraction of sp³-hybridized carbons (Fsp3) is 0.467. The zero-order valence-corrected chi connectivity index (χ0v) is 14.4. The zero-order chi connectivity index (χ0) is 15.8. The van der Waals surface area contributed by atoms with Crippen LogP contribution in [0.15, 0.2) is 30.3 Å². The maximum Gasteiger partial charge on any atom is 0.508 e. The highest BCUT2D eigenvalue weighted by molar-refractivity contribution is 14.1. The van der Waals surface area contributed by atoms with E-state index in [1.54, 1.807) is 22.6 Å². The van der Waals surface area contributed by atoms with Gasteiger partial charge in [0.05, 0.1) is 0 Å². The van der Waals surface area contributed by atoms with Gasteiger partial charge in [-0.2, -0.15) is 0 Å². The van der Waals surface area contributed by atoms with Crippen LogP contribution in [0.4, 0.5) is 9.59 Å². The first-order valence-corrected chi connectivity index (χ1v) is 8.23. The van der Waals surface area contributed by atoms with Crippen molar-refractivity contribution >= 4 is 32.7 Å². The number of amides is 1. The van der Waals surface area contributed by atoms with Crippen molar-refractivity contribution in [1.82, 2.24) is 9.80 Å². The molecular weight excluding hydrogens is 399 g/mol. The van der Waals surface area contributed by atoms with E-state index in [1.165, 1.54) is 0 Å². The van der Waals surface area contributed by atoms with Gasteiger partial charge in [0.2, 0.25) is 0 Å². The Morgan fingerprint density at radius 3 is 2.36 bits per heavy atom. The van der Waals surface area contributed by atoms with Crippen LogP contribution in [-0.4, -0.2) is 59.2 Å². The molecule has 7 heteroatoms. The van der Waals surface area contributed by atoms with Crippen LogP contribution in [0.3, 0.4) is 0 Å². The Labute approximate surface area is 143 Å². The van der Waals surface area contributed by atoms with Gasteiger partial charge in [-0.25, -0.2) is 4.79 Å². The summed E-state index contributed by atoms with van der Waals surface area (Å²) >= 11 is 1.80. The fourth-order valence-corrected chi connectivity index (χ4v) is 2.65. The number of nitrogens with zero attached hydrogens (tertiary/aromatic N) is 2. The molecule has 1 fully saturated rings. The number of hydrogen-bond acceptors (Lipinski definition) is 5. The van der Waals surface area contributed by atoms with Gasteiger partial charge < -0.3 is 14.4 Å². The van der Waals surface area contributed by atoms with Crippen LogP contribution in [0.5, 0.6) is 0 Å². The smallest absolute Gasteiger partial charge is 0.433 e. The molecule has 0 aliphatic carbocycles. The van der Waals surface area contributed by atoms with E-state index in [9.17, 15) is 9.59 Å². The number of carbonyl (C=O) groups excluding carboxylic acids is 2. The number of benzene rings is 1. The third-order valence-electron chi connectivity index (χ3n) is 3.45. The van der Waals surface area contributed by atoms with Gasteiger partial charge in [0.15, 0.2) is 0 Å². The normalized spacial score (nSPS) is 15.4. The van der Waals surface area contributed by atoms with Crippen molar-refractivity contribution in [3.05, 3.63) is 35.9 Å². The Kier molecular flexibility index (Phi) is 6.91. The molecule has 0 unspecified atom stereocenters. The van der Waals surface area contributed by atoms with Crippen molar-refractivity contribution in [2.24, 2.45) is 0 Å². The Balaban J connectivity index is 1.57. The topological polar surface area (TPSA) is 59.1 Å².